The Balaban J connectivity index is 1.84. The molecule has 0 bridgehead atoms. The third-order valence-corrected chi connectivity index (χ3v) is 4.57. The van der Waals surface area contributed by atoms with Crippen LogP contribution in [0.1, 0.15) is 45.4 Å². The van der Waals surface area contributed by atoms with Crippen LogP contribution in [0.3, 0.4) is 0 Å². The zero-order valence-corrected chi connectivity index (χ0v) is 10.3. The van der Waals surface area contributed by atoms with E-state index in [0.29, 0.717) is 0 Å². The molecule has 2 atom stereocenters. The molecule has 1 saturated heterocycles. The zero-order chi connectivity index (χ0) is 10.7. The lowest BCUT2D eigenvalue weighted by molar-refractivity contribution is 0.117. The highest BCUT2D eigenvalue weighted by atomic mass is 15.2. The van der Waals surface area contributed by atoms with Gasteiger partial charge in [0.1, 0.15) is 0 Å². The summed E-state index contributed by atoms with van der Waals surface area (Å²) in [6.45, 7) is 4.86. The van der Waals surface area contributed by atoms with Crippen LogP contribution in [0.25, 0.3) is 0 Å². The topological polar surface area (TPSA) is 15.3 Å². The Morgan fingerprint density at radius 2 is 1.87 bits per heavy atom. The molecule has 0 aromatic heterocycles. The summed E-state index contributed by atoms with van der Waals surface area (Å²) in [6, 6.07) is 1.58. The monoisotopic (exact) mass is 210 g/mol. The molecule has 1 N–H and O–H groups in total. The van der Waals surface area contributed by atoms with Crippen molar-refractivity contribution in [1.29, 1.82) is 0 Å². The second kappa shape index (κ2) is 5.31. The summed E-state index contributed by atoms with van der Waals surface area (Å²) in [4.78, 5) is 2.64. The van der Waals surface area contributed by atoms with Crippen molar-refractivity contribution >= 4 is 0 Å². The second-order valence-electron chi connectivity index (χ2n) is 5.45. The lowest BCUT2D eigenvalue weighted by Gasteiger charge is -2.38. The van der Waals surface area contributed by atoms with Crippen LogP contribution in [0.4, 0.5) is 0 Å². The SMILES string of the molecule is CC(C1CCCC1)N(C)C1CCCNC1. The van der Waals surface area contributed by atoms with E-state index in [4.69, 9.17) is 0 Å². The van der Waals surface area contributed by atoms with Crippen molar-refractivity contribution < 1.29 is 0 Å². The van der Waals surface area contributed by atoms with Crippen LogP contribution >= 0.6 is 0 Å². The molecule has 88 valence electrons. The molecule has 0 aromatic carbocycles. The Hall–Kier alpha value is -0.0800. The summed E-state index contributed by atoms with van der Waals surface area (Å²) in [5.74, 6) is 0.969. The summed E-state index contributed by atoms with van der Waals surface area (Å²) < 4.78 is 0. The lowest BCUT2D eigenvalue weighted by atomic mass is 9.95. The highest BCUT2D eigenvalue weighted by Crippen LogP contribution is 2.30. The maximum absolute atomic E-state index is 3.52. The standard InChI is InChI=1S/C13H26N2/c1-11(12-6-3-4-7-12)15(2)13-8-5-9-14-10-13/h11-14H,3-10H2,1-2H3. The van der Waals surface area contributed by atoms with Crippen molar-refractivity contribution in [3.8, 4) is 0 Å². The molecule has 2 fully saturated rings. The first kappa shape index (κ1) is 11.4. The van der Waals surface area contributed by atoms with E-state index in [-0.39, 0.29) is 0 Å². The fourth-order valence-electron chi connectivity index (χ4n) is 3.29. The molecule has 2 rings (SSSR count). The van der Waals surface area contributed by atoms with Crippen molar-refractivity contribution in [3.05, 3.63) is 0 Å². The van der Waals surface area contributed by atoms with Gasteiger partial charge in [0.15, 0.2) is 0 Å². The van der Waals surface area contributed by atoms with E-state index in [9.17, 15) is 0 Å². The van der Waals surface area contributed by atoms with E-state index >= 15 is 0 Å². The Bertz CT molecular complexity index is 181. The molecule has 15 heavy (non-hydrogen) atoms. The molecule has 1 heterocycles. The molecule has 1 aliphatic carbocycles. The fraction of sp³-hybridized carbons (Fsp3) is 1.00. The van der Waals surface area contributed by atoms with Crippen molar-refractivity contribution in [2.45, 2.75) is 57.5 Å². The van der Waals surface area contributed by atoms with Crippen molar-refractivity contribution in [2.75, 3.05) is 20.1 Å². The average molecular weight is 210 g/mol. The van der Waals surface area contributed by atoms with Gasteiger partial charge in [0.25, 0.3) is 0 Å². The van der Waals surface area contributed by atoms with Gasteiger partial charge < -0.3 is 5.32 Å². The average Bonchev–Trinajstić information content (AvgIpc) is 2.82. The quantitative estimate of drug-likeness (QED) is 0.768. The largest absolute Gasteiger partial charge is 0.315 e. The van der Waals surface area contributed by atoms with Crippen molar-refractivity contribution in [2.24, 2.45) is 5.92 Å². The summed E-state index contributed by atoms with van der Waals surface area (Å²) in [5, 5.41) is 3.52. The molecule has 2 aliphatic rings. The fourth-order valence-corrected chi connectivity index (χ4v) is 3.29. The first-order chi connectivity index (χ1) is 7.29. The molecular formula is C13H26N2. The van der Waals surface area contributed by atoms with Gasteiger partial charge in [-0.2, -0.15) is 0 Å². The summed E-state index contributed by atoms with van der Waals surface area (Å²) in [7, 11) is 2.33. The molecule has 0 amide bonds. The number of piperidine rings is 1. The number of rotatable bonds is 3. The van der Waals surface area contributed by atoms with Crippen LogP contribution in [0, 0.1) is 5.92 Å². The lowest BCUT2D eigenvalue weighted by Crippen LogP contribution is -2.49. The number of hydrogen-bond acceptors (Lipinski definition) is 2. The molecule has 0 aromatic rings. The first-order valence-corrected chi connectivity index (χ1v) is 6.71. The molecule has 1 aliphatic heterocycles. The normalized spacial score (nSPS) is 31.0. The zero-order valence-electron chi connectivity index (χ0n) is 10.3. The Morgan fingerprint density at radius 3 is 2.47 bits per heavy atom. The van der Waals surface area contributed by atoms with Gasteiger partial charge in [-0.15, -0.1) is 0 Å². The predicted molar refractivity (Wildman–Crippen MR) is 65.1 cm³/mol. The highest BCUT2D eigenvalue weighted by molar-refractivity contribution is 4.84. The third-order valence-electron chi connectivity index (χ3n) is 4.57. The van der Waals surface area contributed by atoms with Gasteiger partial charge in [-0.1, -0.05) is 12.8 Å². The van der Waals surface area contributed by atoms with E-state index < -0.39 is 0 Å². The van der Waals surface area contributed by atoms with Gasteiger partial charge in [-0.25, -0.2) is 0 Å². The van der Waals surface area contributed by atoms with Gasteiger partial charge in [-0.3, -0.25) is 4.90 Å². The van der Waals surface area contributed by atoms with Crippen molar-refractivity contribution in [1.82, 2.24) is 10.2 Å². The van der Waals surface area contributed by atoms with Crippen molar-refractivity contribution in [3.63, 3.8) is 0 Å². The Labute approximate surface area is 94.4 Å². The highest BCUT2D eigenvalue weighted by Gasteiger charge is 2.28. The number of nitrogens with one attached hydrogen (secondary N) is 1. The smallest absolute Gasteiger partial charge is 0.0221 e. The maximum atomic E-state index is 3.52. The van der Waals surface area contributed by atoms with Crippen LogP contribution in [0.15, 0.2) is 0 Å². The Morgan fingerprint density at radius 1 is 1.13 bits per heavy atom. The minimum atomic E-state index is 0.786. The van der Waals surface area contributed by atoms with Gasteiger partial charge in [-0.05, 0) is 52.1 Å². The van der Waals surface area contributed by atoms with Gasteiger partial charge >= 0.3 is 0 Å². The molecule has 2 heteroatoms. The number of likely N-dealkylation sites (N-methyl/N-ethyl adjacent to an activating group) is 1. The number of hydrogen-bond donors (Lipinski definition) is 1. The predicted octanol–water partition coefficient (Wildman–Crippen LogP) is 2.25. The molecular weight excluding hydrogens is 184 g/mol. The van der Waals surface area contributed by atoms with Gasteiger partial charge in [0.05, 0.1) is 0 Å². The van der Waals surface area contributed by atoms with E-state index in [1.54, 1.807) is 0 Å². The molecule has 0 radical (unpaired) electrons. The number of nitrogens with zero attached hydrogens (tertiary/aromatic N) is 1. The van der Waals surface area contributed by atoms with Crippen LogP contribution in [-0.4, -0.2) is 37.1 Å². The van der Waals surface area contributed by atoms with E-state index in [2.05, 4.69) is 24.2 Å². The van der Waals surface area contributed by atoms with Crippen LogP contribution in [-0.2, 0) is 0 Å². The molecule has 2 nitrogen and oxygen atoms in total. The summed E-state index contributed by atoms with van der Waals surface area (Å²) >= 11 is 0. The third kappa shape index (κ3) is 2.73. The van der Waals surface area contributed by atoms with Gasteiger partial charge in [0, 0.05) is 18.6 Å². The summed E-state index contributed by atoms with van der Waals surface area (Å²) in [6.07, 6.45) is 8.60. The van der Waals surface area contributed by atoms with E-state index in [1.165, 1.54) is 51.6 Å². The summed E-state index contributed by atoms with van der Waals surface area (Å²) in [5.41, 5.74) is 0. The minimum absolute atomic E-state index is 0.786. The second-order valence-corrected chi connectivity index (χ2v) is 5.45. The molecule has 1 saturated carbocycles. The van der Waals surface area contributed by atoms with Crippen LogP contribution in [0.5, 0.6) is 0 Å². The van der Waals surface area contributed by atoms with Crippen LogP contribution < -0.4 is 5.32 Å². The van der Waals surface area contributed by atoms with E-state index in [0.717, 1.165) is 18.0 Å². The Kier molecular flexibility index (Phi) is 4.04. The maximum Gasteiger partial charge on any atom is 0.0221 e. The first-order valence-electron chi connectivity index (χ1n) is 6.71. The molecule has 0 spiro atoms. The van der Waals surface area contributed by atoms with Gasteiger partial charge in [0.2, 0.25) is 0 Å². The van der Waals surface area contributed by atoms with Crippen LogP contribution in [0.2, 0.25) is 0 Å². The minimum Gasteiger partial charge on any atom is -0.315 e. The van der Waals surface area contributed by atoms with E-state index in [1.807, 2.05) is 0 Å². The molecule has 2 unspecified atom stereocenters.